The second-order valence-corrected chi connectivity index (χ2v) is 11.7. The average Bonchev–Trinajstić information content (AvgIpc) is 3.39. The number of hydrogen-bond acceptors (Lipinski definition) is 7. The number of anilines is 1. The van der Waals surface area contributed by atoms with Crippen molar-refractivity contribution in [2.24, 2.45) is 0 Å². The summed E-state index contributed by atoms with van der Waals surface area (Å²) in [6, 6.07) is 24.9. The summed E-state index contributed by atoms with van der Waals surface area (Å²) >= 11 is 0. The SMILES string of the molecule is [2H]C([2H])(c1ccc(-n2c(-c3cccnc3N)nc3ccc(-c4ccccc4)nc32)cc1)N1CCC(NC(=O)OC(C)(C)C)CC1. The summed E-state index contributed by atoms with van der Waals surface area (Å²) in [5.41, 5.74) is 10.9. The van der Waals surface area contributed by atoms with Gasteiger partial charge < -0.3 is 15.8 Å². The molecule has 0 unspecified atom stereocenters. The lowest BCUT2D eigenvalue weighted by atomic mass is 10.0. The number of ether oxygens (including phenoxy) is 1. The molecular formula is C34H37N7O2. The van der Waals surface area contributed by atoms with Crippen LogP contribution in [0.25, 0.3) is 39.5 Å². The van der Waals surface area contributed by atoms with Crippen molar-refractivity contribution < 1.29 is 12.3 Å². The van der Waals surface area contributed by atoms with Crippen molar-refractivity contribution in [3.63, 3.8) is 0 Å². The fourth-order valence-electron chi connectivity index (χ4n) is 5.24. The Morgan fingerprint density at radius 1 is 1.00 bits per heavy atom. The second-order valence-electron chi connectivity index (χ2n) is 11.7. The number of likely N-dealkylation sites (tertiary alicyclic amines) is 1. The third-order valence-corrected chi connectivity index (χ3v) is 7.28. The van der Waals surface area contributed by atoms with Gasteiger partial charge in [0.1, 0.15) is 16.9 Å². The molecule has 1 fully saturated rings. The number of rotatable bonds is 6. The van der Waals surface area contributed by atoms with Crippen LogP contribution in [0.5, 0.6) is 0 Å². The molecule has 0 radical (unpaired) electrons. The molecule has 4 heterocycles. The third kappa shape index (κ3) is 6.52. The van der Waals surface area contributed by atoms with Crippen LogP contribution in [0.2, 0.25) is 0 Å². The van der Waals surface area contributed by atoms with Crippen LogP contribution in [-0.2, 0) is 11.2 Å². The molecule has 43 heavy (non-hydrogen) atoms. The molecule has 5 aromatic rings. The number of nitrogens with two attached hydrogens (primary N) is 1. The summed E-state index contributed by atoms with van der Waals surface area (Å²) in [7, 11) is 0. The summed E-state index contributed by atoms with van der Waals surface area (Å²) in [5.74, 6) is 0.957. The number of benzene rings is 2. The lowest BCUT2D eigenvalue weighted by molar-refractivity contribution is 0.0477. The monoisotopic (exact) mass is 577 g/mol. The van der Waals surface area contributed by atoms with E-state index in [9.17, 15) is 4.79 Å². The first-order chi connectivity index (χ1) is 21.5. The fourth-order valence-corrected chi connectivity index (χ4v) is 5.24. The number of piperidine rings is 1. The van der Waals surface area contributed by atoms with Crippen molar-refractivity contribution in [2.75, 3.05) is 18.8 Å². The Kier molecular flexibility index (Phi) is 7.14. The summed E-state index contributed by atoms with van der Waals surface area (Å²) in [6.45, 7) is 4.78. The van der Waals surface area contributed by atoms with Crippen molar-refractivity contribution in [1.29, 1.82) is 0 Å². The smallest absolute Gasteiger partial charge is 0.407 e. The number of nitrogens with zero attached hydrogens (tertiary/aromatic N) is 5. The average molecular weight is 578 g/mol. The number of hydrogen-bond donors (Lipinski definition) is 2. The van der Waals surface area contributed by atoms with Crippen LogP contribution in [-0.4, -0.2) is 55.2 Å². The van der Waals surface area contributed by atoms with E-state index in [0.717, 1.165) is 16.9 Å². The van der Waals surface area contributed by atoms with Gasteiger partial charge in [-0.1, -0.05) is 42.5 Å². The Balaban J connectivity index is 1.29. The lowest BCUT2D eigenvalue weighted by Crippen LogP contribution is -2.45. The number of carbonyl (C=O) groups is 1. The minimum atomic E-state index is -1.71. The Hall–Kier alpha value is -4.76. The molecule has 1 saturated heterocycles. The Morgan fingerprint density at radius 3 is 2.44 bits per heavy atom. The highest BCUT2D eigenvalue weighted by atomic mass is 16.6. The second kappa shape index (κ2) is 11.9. The van der Waals surface area contributed by atoms with Crippen LogP contribution < -0.4 is 11.1 Å². The van der Waals surface area contributed by atoms with Crippen LogP contribution in [0.1, 0.15) is 41.9 Å². The van der Waals surface area contributed by atoms with Crippen molar-refractivity contribution in [3.05, 3.63) is 90.6 Å². The molecule has 3 aromatic heterocycles. The lowest BCUT2D eigenvalue weighted by Gasteiger charge is -2.32. The molecule has 9 nitrogen and oxygen atoms in total. The third-order valence-electron chi connectivity index (χ3n) is 7.28. The zero-order valence-electron chi connectivity index (χ0n) is 26.6. The molecule has 0 bridgehead atoms. The minimum Gasteiger partial charge on any atom is -0.444 e. The summed E-state index contributed by atoms with van der Waals surface area (Å²) in [4.78, 5) is 28.2. The largest absolute Gasteiger partial charge is 0.444 e. The first kappa shape index (κ1) is 25.9. The number of carbonyl (C=O) groups excluding carboxylic acids is 1. The van der Waals surface area contributed by atoms with Gasteiger partial charge in [0.15, 0.2) is 11.5 Å². The van der Waals surface area contributed by atoms with Gasteiger partial charge in [-0.15, -0.1) is 0 Å². The zero-order valence-corrected chi connectivity index (χ0v) is 24.6. The van der Waals surface area contributed by atoms with E-state index in [4.69, 9.17) is 23.2 Å². The van der Waals surface area contributed by atoms with Crippen molar-refractivity contribution >= 4 is 23.1 Å². The predicted octanol–water partition coefficient (Wildman–Crippen LogP) is 6.22. The highest BCUT2D eigenvalue weighted by molar-refractivity contribution is 5.84. The molecule has 1 aliphatic heterocycles. The fraction of sp³-hybridized carbons (Fsp3) is 0.294. The molecule has 1 amide bonds. The summed E-state index contributed by atoms with van der Waals surface area (Å²) < 4.78 is 25.4. The quantitative estimate of drug-likeness (QED) is 0.246. The number of fused-ring (bicyclic) bond motifs is 1. The van der Waals surface area contributed by atoms with Crippen LogP contribution in [0.15, 0.2) is 85.1 Å². The number of nitrogen functional groups attached to an aromatic ring is 1. The van der Waals surface area contributed by atoms with E-state index in [1.165, 1.54) is 0 Å². The van der Waals surface area contributed by atoms with Gasteiger partial charge in [-0.2, -0.15) is 0 Å². The molecule has 3 N–H and O–H groups in total. The predicted molar refractivity (Wildman–Crippen MR) is 170 cm³/mol. The van der Waals surface area contributed by atoms with Crippen LogP contribution in [0.4, 0.5) is 10.6 Å². The number of imidazole rings is 1. The highest BCUT2D eigenvalue weighted by Crippen LogP contribution is 2.32. The molecule has 0 atom stereocenters. The Morgan fingerprint density at radius 2 is 1.74 bits per heavy atom. The van der Waals surface area contributed by atoms with Gasteiger partial charge in [0.25, 0.3) is 0 Å². The van der Waals surface area contributed by atoms with Gasteiger partial charge >= 0.3 is 6.09 Å². The van der Waals surface area contributed by atoms with Crippen molar-refractivity contribution in [2.45, 2.75) is 51.8 Å². The van der Waals surface area contributed by atoms with E-state index < -0.39 is 18.2 Å². The molecule has 220 valence electrons. The number of alkyl carbamates (subject to hydrolysis) is 1. The molecule has 0 saturated carbocycles. The van der Waals surface area contributed by atoms with Crippen LogP contribution in [0, 0.1) is 0 Å². The molecule has 2 aromatic carbocycles. The number of amides is 1. The number of aromatic nitrogens is 4. The summed E-state index contributed by atoms with van der Waals surface area (Å²) in [6.07, 6.45) is 2.46. The maximum Gasteiger partial charge on any atom is 0.407 e. The molecule has 0 aliphatic carbocycles. The van der Waals surface area contributed by atoms with Crippen LogP contribution >= 0.6 is 0 Å². The van der Waals surface area contributed by atoms with E-state index in [1.54, 1.807) is 6.20 Å². The molecule has 1 aliphatic rings. The molecular weight excluding hydrogens is 538 g/mol. The Labute approximate surface area is 254 Å². The zero-order chi connectivity index (χ0) is 31.8. The molecule has 6 rings (SSSR count). The maximum absolute atomic E-state index is 12.2. The van der Waals surface area contributed by atoms with E-state index in [1.807, 2.05) is 109 Å². The van der Waals surface area contributed by atoms with Crippen LogP contribution in [0.3, 0.4) is 0 Å². The van der Waals surface area contributed by atoms with Gasteiger partial charge in [0.05, 0.1) is 11.3 Å². The van der Waals surface area contributed by atoms with Crippen molar-refractivity contribution in [3.8, 4) is 28.3 Å². The normalized spacial score (nSPS) is 15.6. The number of pyridine rings is 2. The number of nitrogens with one attached hydrogen (secondary N) is 1. The minimum absolute atomic E-state index is 0.0598. The van der Waals surface area contributed by atoms with E-state index in [-0.39, 0.29) is 6.04 Å². The topological polar surface area (TPSA) is 111 Å². The van der Waals surface area contributed by atoms with Gasteiger partial charge in [0, 0.05) is 45.8 Å². The van der Waals surface area contributed by atoms with Gasteiger partial charge in [-0.05, 0) is 75.6 Å². The Bertz CT molecular complexity index is 1810. The molecule has 9 heteroatoms. The first-order valence-corrected chi connectivity index (χ1v) is 14.5. The highest BCUT2D eigenvalue weighted by Gasteiger charge is 2.24. The maximum atomic E-state index is 12.2. The standard InChI is InChI=1S/C34H37N7O2/c1-34(2,3)43-33(42)37-25-17-20-40(21-18-25)22-23-11-13-26(14-12-23)41-31(27-10-7-19-36-30(27)35)39-29-16-15-28(38-32(29)41)24-8-5-4-6-9-24/h4-16,19,25H,17-18,20-22H2,1-3H3,(H2,35,36)(H,37,42)/i22D2. The van der Waals surface area contributed by atoms with Gasteiger partial charge in [-0.3, -0.25) is 9.47 Å². The van der Waals surface area contributed by atoms with Gasteiger partial charge in [-0.25, -0.2) is 19.7 Å². The van der Waals surface area contributed by atoms with E-state index in [2.05, 4.69) is 10.3 Å². The van der Waals surface area contributed by atoms with E-state index >= 15 is 0 Å². The van der Waals surface area contributed by atoms with E-state index in [0.29, 0.717) is 59.9 Å². The van der Waals surface area contributed by atoms with Gasteiger partial charge in [0.2, 0.25) is 0 Å². The molecule has 0 spiro atoms. The summed E-state index contributed by atoms with van der Waals surface area (Å²) in [5, 5.41) is 2.92. The van der Waals surface area contributed by atoms with Crippen molar-refractivity contribution in [1.82, 2.24) is 29.7 Å². The first-order valence-electron chi connectivity index (χ1n) is 15.5.